The van der Waals surface area contributed by atoms with Crippen LogP contribution in [0.1, 0.15) is 163 Å². The van der Waals surface area contributed by atoms with Crippen molar-refractivity contribution in [2.24, 2.45) is 5.41 Å². The molecule has 0 aromatic heterocycles. The number of ether oxygens (including phenoxy) is 2. The second-order valence-corrected chi connectivity index (χ2v) is 10.4. The maximum absolute atomic E-state index is 12.6. The lowest BCUT2D eigenvalue weighted by Gasteiger charge is -2.27. The van der Waals surface area contributed by atoms with Crippen LogP contribution in [-0.4, -0.2) is 24.6 Å². The summed E-state index contributed by atoms with van der Waals surface area (Å²) in [5.41, 5.74) is -1.15. The lowest BCUT2D eigenvalue weighted by molar-refractivity contribution is -0.175. The van der Waals surface area contributed by atoms with Crippen molar-refractivity contribution in [1.29, 1.82) is 0 Å². The van der Waals surface area contributed by atoms with Crippen molar-refractivity contribution in [1.82, 2.24) is 0 Å². The molecule has 0 aromatic carbocycles. The topological polar surface area (TPSA) is 52.6 Å². The molecule has 0 aliphatic heterocycles. The first kappa shape index (κ1) is 32.9. The first-order chi connectivity index (χ1) is 16.4. The first-order valence-electron chi connectivity index (χ1n) is 14.8. The second-order valence-electron chi connectivity index (χ2n) is 10.4. The van der Waals surface area contributed by atoms with Gasteiger partial charge in [-0.2, -0.15) is 0 Å². The molecule has 0 radical (unpaired) electrons. The van der Waals surface area contributed by atoms with Crippen LogP contribution >= 0.6 is 0 Å². The fourth-order valence-corrected chi connectivity index (χ4v) is 4.54. The van der Waals surface area contributed by atoms with Crippen LogP contribution in [0.15, 0.2) is 0 Å². The summed E-state index contributed by atoms with van der Waals surface area (Å²) >= 11 is 0. The van der Waals surface area contributed by atoms with Crippen LogP contribution in [0.5, 0.6) is 0 Å². The van der Waals surface area contributed by atoms with E-state index >= 15 is 0 Å². The molecule has 0 saturated heterocycles. The van der Waals surface area contributed by atoms with Gasteiger partial charge in [0.15, 0.2) is 5.41 Å². The monoisotopic (exact) mass is 482 g/mol. The number of carbonyl (C=O) groups is 2. The molecule has 0 rings (SSSR count). The van der Waals surface area contributed by atoms with Crippen molar-refractivity contribution in [3.63, 3.8) is 0 Å². The number of hydrogen-bond acceptors (Lipinski definition) is 4. The molecule has 0 amide bonds. The Morgan fingerprint density at radius 3 is 1.24 bits per heavy atom. The Kier molecular flexibility index (Phi) is 21.7. The first-order valence-corrected chi connectivity index (χ1v) is 14.8. The van der Waals surface area contributed by atoms with Crippen LogP contribution in [0.4, 0.5) is 0 Å². The van der Waals surface area contributed by atoms with Gasteiger partial charge in [0, 0.05) is 0 Å². The minimum atomic E-state index is -1.15. The lowest BCUT2D eigenvalue weighted by atomic mass is 9.82. The minimum absolute atomic E-state index is 0.229. The van der Waals surface area contributed by atoms with Gasteiger partial charge < -0.3 is 9.47 Å². The minimum Gasteiger partial charge on any atom is -0.465 e. The Hall–Kier alpha value is -1.06. The molecule has 4 nitrogen and oxygen atoms in total. The summed E-state index contributed by atoms with van der Waals surface area (Å²) in [6, 6.07) is 0. The third-order valence-corrected chi connectivity index (χ3v) is 7.06. The second kappa shape index (κ2) is 22.4. The Labute approximate surface area is 212 Å². The van der Waals surface area contributed by atoms with Crippen LogP contribution in [0.2, 0.25) is 0 Å². The van der Waals surface area contributed by atoms with Crippen molar-refractivity contribution in [3.05, 3.63) is 0 Å². The van der Waals surface area contributed by atoms with Crippen LogP contribution in [0.25, 0.3) is 0 Å². The van der Waals surface area contributed by atoms with E-state index in [0.29, 0.717) is 19.4 Å². The summed E-state index contributed by atoms with van der Waals surface area (Å²) in [7, 11) is 0. The third kappa shape index (κ3) is 15.8. The van der Waals surface area contributed by atoms with Crippen molar-refractivity contribution in [2.45, 2.75) is 169 Å². The largest absolute Gasteiger partial charge is 0.465 e. The van der Waals surface area contributed by atoms with E-state index in [1.165, 1.54) is 103 Å². The molecule has 0 spiro atoms. The third-order valence-electron chi connectivity index (χ3n) is 7.06. The fourth-order valence-electron chi connectivity index (χ4n) is 4.54. The summed E-state index contributed by atoms with van der Waals surface area (Å²) < 4.78 is 10.8. The average molecular weight is 483 g/mol. The smallest absolute Gasteiger partial charge is 0.323 e. The highest BCUT2D eigenvalue weighted by Crippen LogP contribution is 2.30. The molecule has 34 heavy (non-hydrogen) atoms. The molecule has 0 bridgehead atoms. The number of rotatable bonds is 24. The molecule has 0 fully saturated rings. The molecule has 0 heterocycles. The lowest BCUT2D eigenvalue weighted by Crippen LogP contribution is -2.42. The van der Waals surface area contributed by atoms with E-state index in [1.54, 1.807) is 13.8 Å². The van der Waals surface area contributed by atoms with Crippen molar-refractivity contribution >= 4 is 11.9 Å². The van der Waals surface area contributed by atoms with Gasteiger partial charge in [-0.05, 0) is 33.1 Å². The maximum atomic E-state index is 12.6. The molecule has 0 aliphatic rings. The predicted molar refractivity (Wildman–Crippen MR) is 144 cm³/mol. The van der Waals surface area contributed by atoms with Crippen molar-refractivity contribution in [3.8, 4) is 0 Å². The number of unbranched alkanes of at least 4 members (excludes halogenated alkanes) is 17. The number of hydrogen-bond donors (Lipinski definition) is 0. The molecule has 0 aliphatic carbocycles. The van der Waals surface area contributed by atoms with Gasteiger partial charge in [0.1, 0.15) is 0 Å². The van der Waals surface area contributed by atoms with Crippen LogP contribution in [0, 0.1) is 5.41 Å². The summed E-state index contributed by atoms with van der Waals surface area (Å²) in [4.78, 5) is 25.1. The quantitative estimate of drug-likeness (QED) is 0.0781. The van der Waals surface area contributed by atoms with Crippen molar-refractivity contribution < 1.29 is 19.1 Å². The molecule has 4 heteroatoms. The van der Waals surface area contributed by atoms with E-state index in [0.717, 1.165) is 12.8 Å². The molecule has 0 saturated carbocycles. The molecule has 202 valence electrons. The molecular weight excluding hydrogens is 424 g/mol. The molecular formula is C30H58O4. The maximum Gasteiger partial charge on any atom is 0.323 e. The normalized spacial score (nSPS) is 11.7. The zero-order valence-corrected chi connectivity index (χ0v) is 23.6. The summed E-state index contributed by atoms with van der Waals surface area (Å²) in [5, 5.41) is 0. The van der Waals surface area contributed by atoms with Crippen LogP contribution < -0.4 is 0 Å². The van der Waals surface area contributed by atoms with Gasteiger partial charge in [0.2, 0.25) is 0 Å². The Morgan fingerprint density at radius 2 is 0.912 bits per heavy atom. The van der Waals surface area contributed by atoms with Gasteiger partial charge in [-0.15, -0.1) is 0 Å². The average Bonchev–Trinajstić information content (AvgIpc) is 2.81. The molecule has 0 aromatic rings. The number of carbonyl (C=O) groups excluding carboxylic acids is 2. The zero-order valence-electron chi connectivity index (χ0n) is 23.6. The van der Waals surface area contributed by atoms with E-state index in [4.69, 9.17) is 9.47 Å². The Bertz CT molecular complexity index is 482. The van der Waals surface area contributed by atoms with E-state index < -0.39 is 17.4 Å². The van der Waals surface area contributed by atoms with Gasteiger partial charge in [-0.1, -0.05) is 130 Å². The highest BCUT2D eigenvalue weighted by Gasteiger charge is 2.46. The van der Waals surface area contributed by atoms with E-state index in [2.05, 4.69) is 6.92 Å². The molecule has 0 unspecified atom stereocenters. The van der Waals surface area contributed by atoms with Gasteiger partial charge in [-0.3, -0.25) is 9.59 Å². The standard InChI is InChI=1S/C30H58O4/c1-6-9-10-11-12-13-14-15-16-17-18-19-20-21-22-23-24-25-26-33-28(31)30(7-2,8-3)29(32)34-27(4)5/h27H,6-26H2,1-5H3. The Balaban J connectivity index is 3.59. The zero-order chi connectivity index (χ0) is 25.5. The summed E-state index contributed by atoms with van der Waals surface area (Å²) in [5.74, 6) is -0.870. The van der Waals surface area contributed by atoms with E-state index in [9.17, 15) is 9.59 Å². The summed E-state index contributed by atoms with van der Waals surface area (Å²) in [6.07, 6.45) is 24.6. The van der Waals surface area contributed by atoms with Gasteiger partial charge in [0.05, 0.1) is 12.7 Å². The van der Waals surface area contributed by atoms with Crippen LogP contribution in [0.3, 0.4) is 0 Å². The SMILES string of the molecule is CCCCCCCCCCCCCCCCCCCCOC(=O)C(CC)(CC)C(=O)OC(C)C. The summed E-state index contributed by atoms with van der Waals surface area (Å²) in [6.45, 7) is 9.98. The number of esters is 2. The predicted octanol–water partition coefficient (Wildman–Crippen LogP) is 9.33. The van der Waals surface area contributed by atoms with Gasteiger partial charge in [0.25, 0.3) is 0 Å². The molecule has 0 N–H and O–H groups in total. The van der Waals surface area contributed by atoms with Crippen molar-refractivity contribution in [2.75, 3.05) is 6.61 Å². The van der Waals surface area contributed by atoms with E-state index in [-0.39, 0.29) is 6.10 Å². The van der Waals surface area contributed by atoms with Gasteiger partial charge >= 0.3 is 11.9 Å². The highest BCUT2D eigenvalue weighted by atomic mass is 16.6. The molecule has 0 atom stereocenters. The fraction of sp³-hybridized carbons (Fsp3) is 0.933. The highest BCUT2D eigenvalue weighted by molar-refractivity contribution is 6.00. The van der Waals surface area contributed by atoms with Gasteiger partial charge in [-0.25, -0.2) is 0 Å². The Morgan fingerprint density at radius 1 is 0.559 bits per heavy atom. The van der Waals surface area contributed by atoms with E-state index in [1.807, 2.05) is 13.8 Å². The van der Waals surface area contributed by atoms with Crippen LogP contribution in [-0.2, 0) is 19.1 Å².